The third kappa shape index (κ3) is 3.32. The average Bonchev–Trinajstić information content (AvgIpc) is 2.70. The Kier molecular flexibility index (Phi) is 4.54. The lowest BCUT2D eigenvalue weighted by molar-refractivity contribution is -0.124. The third-order valence-electron chi connectivity index (χ3n) is 2.44. The Morgan fingerprint density at radius 3 is 2.95 bits per heavy atom. The number of nitrogens with zero attached hydrogens (tertiary/aromatic N) is 2. The number of amides is 3. The fourth-order valence-corrected chi connectivity index (χ4v) is 2.70. The number of imide groups is 1. The first kappa shape index (κ1) is 14.0. The topological polar surface area (TPSA) is 79.4 Å². The molecule has 6 nitrogen and oxygen atoms in total. The fourth-order valence-electron chi connectivity index (χ4n) is 1.51. The number of aromatic nitrogens is 1. The van der Waals surface area contributed by atoms with Gasteiger partial charge >= 0.3 is 0 Å². The van der Waals surface area contributed by atoms with Crippen molar-refractivity contribution in [1.82, 2.24) is 15.2 Å². The molecule has 1 fully saturated rings. The molecule has 8 heteroatoms. The Balaban J connectivity index is 1.86. The summed E-state index contributed by atoms with van der Waals surface area (Å²) in [7, 11) is 0. The first-order valence-electron chi connectivity index (χ1n) is 5.45. The summed E-state index contributed by atoms with van der Waals surface area (Å²) in [4.78, 5) is 39.5. The van der Waals surface area contributed by atoms with Crippen molar-refractivity contribution in [2.24, 2.45) is 0 Å². The van der Waals surface area contributed by atoms with Crippen molar-refractivity contribution in [2.75, 3.05) is 18.8 Å². The van der Waals surface area contributed by atoms with Crippen LogP contribution in [0.3, 0.4) is 0 Å². The van der Waals surface area contributed by atoms with Crippen molar-refractivity contribution in [3.8, 4) is 0 Å². The van der Waals surface area contributed by atoms with Crippen LogP contribution in [-0.4, -0.2) is 45.8 Å². The van der Waals surface area contributed by atoms with Gasteiger partial charge in [-0.25, -0.2) is 4.98 Å². The van der Waals surface area contributed by atoms with Crippen LogP contribution in [0.25, 0.3) is 0 Å². The maximum atomic E-state index is 11.8. The van der Waals surface area contributed by atoms with Gasteiger partial charge in [0.15, 0.2) is 0 Å². The Hall–Kier alpha value is -1.41. The molecular weight excluding hydrogens is 334 g/mol. The molecule has 0 atom stereocenters. The first-order valence-corrected chi connectivity index (χ1v) is 7.23. The highest BCUT2D eigenvalue weighted by Gasteiger charge is 2.29. The van der Waals surface area contributed by atoms with Crippen molar-refractivity contribution in [3.63, 3.8) is 0 Å². The zero-order valence-corrected chi connectivity index (χ0v) is 12.2. The van der Waals surface area contributed by atoms with Crippen LogP contribution in [0.1, 0.15) is 10.5 Å². The van der Waals surface area contributed by atoms with Crippen LogP contribution in [0, 0.1) is 0 Å². The molecule has 2 rings (SSSR count). The number of hydrogen-bond donors (Lipinski definition) is 1. The number of carbonyl (C=O) groups excluding carboxylic acids is 3. The zero-order valence-electron chi connectivity index (χ0n) is 9.76. The van der Waals surface area contributed by atoms with E-state index in [1.165, 1.54) is 6.20 Å². The molecule has 0 aliphatic carbocycles. The molecule has 1 aromatic rings. The highest BCUT2D eigenvalue weighted by atomic mass is 79.9. The normalized spacial score (nSPS) is 14.9. The van der Waals surface area contributed by atoms with E-state index in [9.17, 15) is 14.4 Å². The van der Waals surface area contributed by atoms with Gasteiger partial charge in [0, 0.05) is 23.8 Å². The van der Waals surface area contributed by atoms with Gasteiger partial charge in [-0.05, 0) is 28.1 Å². The minimum atomic E-state index is -0.348. The fraction of sp³-hybridized carbons (Fsp3) is 0.273. The van der Waals surface area contributed by atoms with Gasteiger partial charge in [0.1, 0.15) is 5.69 Å². The molecule has 2 heterocycles. The van der Waals surface area contributed by atoms with Crippen molar-refractivity contribution < 1.29 is 14.4 Å². The van der Waals surface area contributed by atoms with Gasteiger partial charge in [-0.2, -0.15) is 0 Å². The van der Waals surface area contributed by atoms with E-state index in [0.29, 0.717) is 4.47 Å². The predicted molar refractivity (Wildman–Crippen MR) is 73.8 cm³/mol. The number of nitrogens with one attached hydrogen (secondary N) is 1. The molecule has 1 aromatic heterocycles. The first-order chi connectivity index (χ1) is 9.09. The smallest absolute Gasteiger partial charge is 0.288 e. The second-order valence-electron chi connectivity index (χ2n) is 3.69. The van der Waals surface area contributed by atoms with Gasteiger partial charge in [0.25, 0.3) is 11.1 Å². The van der Waals surface area contributed by atoms with Crippen LogP contribution in [0.15, 0.2) is 22.8 Å². The lowest BCUT2D eigenvalue weighted by Crippen LogP contribution is -2.37. The predicted octanol–water partition coefficient (Wildman–Crippen LogP) is 1.27. The zero-order chi connectivity index (χ0) is 13.8. The van der Waals surface area contributed by atoms with Gasteiger partial charge in [-0.15, -0.1) is 0 Å². The van der Waals surface area contributed by atoms with E-state index < -0.39 is 0 Å². The Morgan fingerprint density at radius 1 is 1.53 bits per heavy atom. The number of rotatable bonds is 4. The summed E-state index contributed by atoms with van der Waals surface area (Å²) < 4.78 is 0.594. The molecule has 1 aliphatic rings. The second-order valence-corrected chi connectivity index (χ2v) is 5.47. The van der Waals surface area contributed by atoms with Crippen molar-refractivity contribution in [1.29, 1.82) is 0 Å². The number of thioether (sulfide) groups is 1. The third-order valence-corrected chi connectivity index (χ3v) is 3.93. The maximum Gasteiger partial charge on any atom is 0.288 e. The maximum absolute atomic E-state index is 11.8. The summed E-state index contributed by atoms with van der Waals surface area (Å²) in [6, 6.07) is 3.42. The van der Waals surface area contributed by atoms with Gasteiger partial charge in [0.05, 0.1) is 5.75 Å². The van der Waals surface area contributed by atoms with Gasteiger partial charge in [-0.3, -0.25) is 19.3 Å². The van der Waals surface area contributed by atoms with E-state index in [1.54, 1.807) is 12.1 Å². The van der Waals surface area contributed by atoms with Gasteiger partial charge in [0.2, 0.25) is 5.91 Å². The lowest BCUT2D eigenvalue weighted by atomic mass is 10.3. The van der Waals surface area contributed by atoms with Crippen molar-refractivity contribution in [3.05, 3.63) is 28.5 Å². The van der Waals surface area contributed by atoms with Gasteiger partial charge < -0.3 is 5.32 Å². The molecule has 3 amide bonds. The number of halogens is 1. The van der Waals surface area contributed by atoms with Crippen LogP contribution in [-0.2, 0) is 4.79 Å². The minimum absolute atomic E-state index is 0.179. The Morgan fingerprint density at radius 2 is 2.32 bits per heavy atom. The molecular formula is C11H10BrN3O3S. The molecule has 1 N–H and O–H groups in total. The highest BCUT2D eigenvalue weighted by molar-refractivity contribution is 9.10. The van der Waals surface area contributed by atoms with E-state index in [2.05, 4.69) is 26.2 Å². The van der Waals surface area contributed by atoms with E-state index in [1.807, 2.05) is 0 Å². The summed E-state index contributed by atoms with van der Waals surface area (Å²) in [5.41, 5.74) is 0.274. The average molecular weight is 344 g/mol. The molecule has 1 saturated heterocycles. The van der Waals surface area contributed by atoms with Crippen LogP contribution in [0.5, 0.6) is 0 Å². The van der Waals surface area contributed by atoms with Crippen LogP contribution in [0.4, 0.5) is 4.79 Å². The summed E-state index contributed by atoms with van der Waals surface area (Å²) in [6.07, 6.45) is 1.52. The van der Waals surface area contributed by atoms with Crippen molar-refractivity contribution in [2.45, 2.75) is 0 Å². The molecule has 19 heavy (non-hydrogen) atoms. The second kappa shape index (κ2) is 6.16. The summed E-state index contributed by atoms with van der Waals surface area (Å²) in [5.74, 6) is -0.388. The minimum Gasteiger partial charge on any atom is -0.349 e. The van der Waals surface area contributed by atoms with Crippen LogP contribution in [0.2, 0.25) is 0 Å². The van der Waals surface area contributed by atoms with E-state index in [0.717, 1.165) is 16.7 Å². The van der Waals surface area contributed by atoms with E-state index in [4.69, 9.17) is 0 Å². The summed E-state index contributed by atoms with van der Waals surface area (Å²) >= 11 is 4.20. The molecule has 1 aliphatic heterocycles. The van der Waals surface area contributed by atoms with E-state index >= 15 is 0 Å². The summed E-state index contributed by atoms with van der Waals surface area (Å²) in [5, 5.41) is 2.36. The Labute approximate surface area is 122 Å². The quantitative estimate of drug-likeness (QED) is 0.890. The van der Waals surface area contributed by atoms with Crippen molar-refractivity contribution >= 4 is 44.7 Å². The largest absolute Gasteiger partial charge is 0.349 e. The molecule has 100 valence electrons. The summed E-state index contributed by atoms with van der Waals surface area (Å²) in [6.45, 7) is 0.390. The standard InChI is InChI=1S/C11H10BrN3O3S/c12-7-2-1-3-13-9(7)10(17)14-4-5-15-8(16)6-19-11(15)18/h1-3H,4-6H2,(H,14,17). The molecule has 0 bridgehead atoms. The molecule has 0 aromatic carbocycles. The highest BCUT2D eigenvalue weighted by Crippen LogP contribution is 2.17. The molecule has 0 unspecified atom stereocenters. The molecule has 0 radical (unpaired) electrons. The molecule has 0 spiro atoms. The van der Waals surface area contributed by atoms with E-state index in [-0.39, 0.29) is 41.6 Å². The van der Waals surface area contributed by atoms with Crippen LogP contribution >= 0.6 is 27.7 Å². The lowest BCUT2D eigenvalue weighted by Gasteiger charge is -2.13. The van der Waals surface area contributed by atoms with Gasteiger partial charge in [-0.1, -0.05) is 11.8 Å². The number of carbonyl (C=O) groups is 3. The number of pyridine rings is 1. The monoisotopic (exact) mass is 343 g/mol. The van der Waals surface area contributed by atoms with Crippen LogP contribution < -0.4 is 5.32 Å². The number of hydrogen-bond acceptors (Lipinski definition) is 5. The Bertz CT molecular complexity index is 522. The molecule has 0 saturated carbocycles. The SMILES string of the molecule is O=C(NCCN1C(=O)CSC1=O)c1ncccc1Br.